The molecule has 92 valence electrons. The third kappa shape index (κ3) is 4.97. The molecule has 1 amide bonds. The van der Waals surface area contributed by atoms with E-state index in [1.165, 1.54) is 30.1 Å². The second-order valence-electron chi connectivity index (χ2n) is 4.45. The van der Waals surface area contributed by atoms with E-state index < -0.39 is 0 Å². The van der Waals surface area contributed by atoms with Gasteiger partial charge in [0, 0.05) is 29.1 Å². The average molecular weight is 260 g/mol. The first-order chi connectivity index (χ1) is 7.84. The summed E-state index contributed by atoms with van der Waals surface area (Å²) in [5.41, 5.74) is 0. The number of carbonyl (C=O) groups excluding carboxylic acids is 1. The van der Waals surface area contributed by atoms with Crippen LogP contribution in [0, 0.1) is 5.92 Å². The third-order valence-electron chi connectivity index (χ3n) is 2.83. The van der Waals surface area contributed by atoms with Crippen molar-refractivity contribution in [3.05, 3.63) is 0 Å². The van der Waals surface area contributed by atoms with E-state index in [1.54, 1.807) is 0 Å². The first kappa shape index (κ1) is 12.6. The maximum Gasteiger partial charge on any atom is 0.233 e. The first-order valence-corrected chi connectivity index (χ1v) is 8.21. The second-order valence-corrected chi connectivity index (χ2v) is 7.00. The van der Waals surface area contributed by atoms with Crippen LogP contribution in [-0.4, -0.2) is 48.0 Å². The lowest BCUT2D eigenvalue weighted by molar-refractivity contribution is -0.120. The lowest BCUT2D eigenvalue weighted by Gasteiger charge is -2.21. The van der Waals surface area contributed by atoms with E-state index in [-0.39, 0.29) is 5.91 Å². The van der Waals surface area contributed by atoms with Gasteiger partial charge in [-0.2, -0.15) is 23.5 Å². The molecule has 0 aromatic heterocycles. The summed E-state index contributed by atoms with van der Waals surface area (Å²) in [6.45, 7) is 2.34. The Kier molecular flexibility index (Phi) is 5.32. The first-order valence-electron chi connectivity index (χ1n) is 6.01. The molecule has 0 aromatic carbocycles. The number of nitrogens with one attached hydrogen (secondary N) is 2. The lowest BCUT2D eigenvalue weighted by atomic mass is 10.4. The van der Waals surface area contributed by atoms with Crippen molar-refractivity contribution in [1.29, 1.82) is 0 Å². The number of carbonyl (C=O) groups is 1. The molecule has 0 spiro atoms. The predicted octanol–water partition coefficient (Wildman–Crippen LogP) is 0.951. The van der Waals surface area contributed by atoms with Crippen LogP contribution < -0.4 is 10.6 Å². The number of thioether (sulfide) groups is 2. The van der Waals surface area contributed by atoms with Crippen LogP contribution >= 0.6 is 23.5 Å². The van der Waals surface area contributed by atoms with Gasteiger partial charge < -0.3 is 10.6 Å². The Hall–Kier alpha value is 0.130. The fraction of sp³-hybridized carbons (Fsp3) is 0.909. The minimum absolute atomic E-state index is 0.150. The highest BCUT2D eigenvalue weighted by molar-refractivity contribution is 8.06. The van der Waals surface area contributed by atoms with Crippen LogP contribution in [0.5, 0.6) is 0 Å². The maximum absolute atomic E-state index is 11.5. The molecule has 2 fully saturated rings. The Labute approximate surface area is 106 Å². The van der Waals surface area contributed by atoms with Crippen molar-refractivity contribution in [3.63, 3.8) is 0 Å². The summed E-state index contributed by atoms with van der Waals surface area (Å²) >= 11 is 3.98. The zero-order valence-corrected chi connectivity index (χ0v) is 11.2. The fourth-order valence-corrected chi connectivity index (χ4v) is 4.27. The van der Waals surface area contributed by atoms with Crippen molar-refractivity contribution in [2.45, 2.75) is 18.1 Å². The van der Waals surface area contributed by atoms with E-state index in [0.717, 1.165) is 19.0 Å². The largest absolute Gasteiger partial charge is 0.354 e. The Bertz CT molecular complexity index is 228. The Morgan fingerprint density at radius 3 is 2.81 bits per heavy atom. The minimum atomic E-state index is 0.150. The van der Waals surface area contributed by atoms with E-state index in [2.05, 4.69) is 10.6 Å². The zero-order chi connectivity index (χ0) is 11.2. The van der Waals surface area contributed by atoms with E-state index in [4.69, 9.17) is 0 Å². The number of amides is 1. The standard InChI is InChI=1S/C11H20N2OS2/c14-11(7-12-5-9-1-2-9)13-6-10-8-15-3-4-16-10/h9-10,12H,1-8H2,(H,13,14). The van der Waals surface area contributed by atoms with Gasteiger partial charge in [0.05, 0.1) is 6.54 Å². The summed E-state index contributed by atoms with van der Waals surface area (Å²) in [7, 11) is 0. The molecular formula is C11H20N2OS2. The van der Waals surface area contributed by atoms with Crippen molar-refractivity contribution in [1.82, 2.24) is 10.6 Å². The lowest BCUT2D eigenvalue weighted by Crippen LogP contribution is -2.39. The van der Waals surface area contributed by atoms with Crippen LogP contribution in [0.15, 0.2) is 0 Å². The second kappa shape index (κ2) is 6.77. The number of hydrogen-bond donors (Lipinski definition) is 2. The van der Waals surface area contributed by atoms with E-state index in [9.17, 15) is 4.79 Å². The van der Waals surface area contributed by atoms with Crippen LogP contribution in [0.25, 0.3) is 0 Å². The van der Waals surface area contributed by atoms with Gasteiger partial charge in [-0.15, -0.1) is 0 Å². The molecule has 1 heterocycles. The smallest absolute Gasteiger partial charge is 0.233 e. The molecule has 16 heavy (non-hydrogen) atoms. The van der Waals surface area contributed by atoms with E-state index >= 15 is 0 Å². The summed E-state index contributed by atoms with van der Waals surface area (Å²) in [4.78, 5) is 11.5. The van der Waals surface area contributed by atoms with Crippen LogP contribution in [0.2, 0.25) is 0 Å². The molecule has 5 heteroatoms. The van der Waals surface area contributed by atoms with Gasteiger partial charge in [-0.05, 0) is 25.3 Å². The third-order valence-corrected chi connectivity index (χ3v) is 5.67. The molecule has 2 rings (SSSR count). The van der Waals surface area contributed by atoms with Crippen LogP contribution in [0.3, 0.4) is 0 Å². The molecule has 1 aliphatic carbocycles. The van der Waals surface area contributed by atoms with Crippen molar-refractivity contribution in [2.75, 3.05) is 36.9 Å². The molecule has 1 unspecified atom stereocenters. The van der Waals surface area contributed by atoms with E-state index in [1.807, 2.05) is 23.5 Å². The minimum Gasteiger partial charge on any atom is -0.354 e. The van der Waals surface area contributed by atoms with Crippen molar-refractivity contribution >= 4 is 29.4 Å². The van der Waals surface area contributed by atoms with Crippen molar-refractivity contribution < 1.29 is 4.79 Å². The maximum atomic E-state index is 11.5. The monoisotopic (exact) mass is 260 g/mol. The summed E-state index contributed by atoms with van der Waals surface area (Å²) in [5, 5.41) is 6.84. The average Bonchev–Trinajstić information content (AvgIpc) is 3.12. The van der Waals surface area contributed by atoms with Gasteiger partial charge in [0.2, 0.25) is 5.91 Å². The molecule has 0 bridgehead atoms. The number of hydrogen-bond acceptors (Lipinski definition) is 4. The molecule has 1 aliphatic heterocycles. The Morgan fingerprint density at radius 1 is 1.25 bits per heavy atom. The predicted molar refractivity (Wildman–Crippen MR) is 72.2 cm³/mol. The molecule has 2 aliphatic rings. The molecule has 1 saturated heterocycles. The molecule has 2 N–H and O–H groups in total. The topological polar surface area (TPSA) is 41.1 Å². The summed E-state index contributed by atoms with van der Waals surface area (Å²) < 4.78 is 0. The van der Waals surface area contributed by atoms with Gasteiger partial charge in [-0.3, -0.25) is 4.79 Å². The van der Waals surface area contributed by atoms with Gasteiger partial charge in [0.1, 0.15) is 0 Å². The van der Waals surface area contributed by atoms with Gasteiger partial charge in [-0.1, -0.05) is 0 Å². The fourth-order valence-electron chi connectivity index (χ4n) is 1.66. The van der Waals surface area contributed by atoms with Crippen molar-refractivity contribution in [3.8, 4) is 0 Å². The summed E-state index contributed by atoms with van der Waals surface area (Å²) in [5.74, 6) is 4.67. The van der Waals surface area contributed by atoms with E-state index in [0.29, 0.717) is 11.8 Å². The highest BCUT2D eigenvalue weighted by Gasteiger charge is 2.20. The number of rotatable bonds is 6. The van der Waals surface area contributed by atoms with Crippen LogP contribution in [0.4, 0.5) is 0 Å². The highest BCUT2D eigenvalue weighted by Crippen LogP contribution is 2.27. The van der Waals surface area contributed by atoms with Crippen LogP contribution in [-0.2, 0) is 4.79 Å². The van der Waals surface area contributed by atoms with Gasteiger partial charge >= 0.3 is 0 Å². The van der Waals surface area contributed by atoms with Gasteiger partial charge in [-0.25, -0.2) is 0 Å². The Balaban J connectivity index is 1.48. The van der Waals surface area contributed by atoms with Crippen LogP contribution in [0.1, 0.15) is 12.8 Å². The van der Waals surface area contributed by atoms with Crippen molar-refractivity contribution in [2.24, 2.45) is 5.92 Å². The molecule has 0 radical (unpaired) electrons. The molecule has 1 saturated carbocycles. The quantitative estimate of drug-likeness (QED) is 0.746. The molecular weight excluding hydrogens is 240 g/mol. The van der Waals surface area contributed by atoms with Gasteiger partial charge in [0.25, 0.3) is 0 Å². The summed E-state index contributed by atoms with van der Waals surface area (Å²) in [6.07, 6.45) is 2.68. The highest BCUT2D eigenvalue weighted by atomic mass is 32.2. The van der Waals surface area contributed by atoms with Gasteiger partial charge in [0.15, 0.2) is 0 Å². The zero-order valence-electron chi connectivity index (χ0n) is 9.54. The molecule has 0 aromatic rings. The molecule has 3 nitrogen and oxygen atoms in total. The SMILES string of the molecule is O=C(CNCC1CC1)NCC1CSCCS1. The molecule has 1 atom stereocenters. The normalized spacial score (nSPS) is 25.4. The summed E-state index contributed by atoms with van der Waals surface area (Å²) in [6, 6.07) is 0. The Morgan fingerprint density at radius 2 is 2.12 bits per heavy atom.